The Balaban J connectivity index is 3.04. The zero-order valence-corrected chi connectivity index (χ0v) is 6.72. The molecule has 0 amide bonds. The summed E-state index contributed by atoms with van der Waals surface area (Å²) in [5.74, 6) is 0. The maximum absolute atomic E-state index is 3.59. The Kier molecular flexibility index (Phi) is 7.58. The van der Waals surface area contributed by atoms with E-state index in [2.05, 4.69) is 31.7 Å². The van der Waals surface area contributed by atoms with Crippen LogP contribution < -0.4 is 0 Å². The average molecular weight is 136 g/mol. The number of hydrogen-bond donors (Lipinski definition) is 0. The summed E-state index contributed by atoms with van der Waals surface area (Å²) in [5.41, 5.74) is 0. The van der Waals surface area contributed by atoms with E-state index < -0.39 is 0 Å². The summed E-state index contributed by atoms with van der Waals surface area (Å²) in [4.78, 5) is 0. The summed E-state index contributed by atoms with van der Waals surface area (Å²) in [7, 11) is 0. The number of allylic oxidation sites excluding steroid dienone is 5. The highest BCUT2D eigenvalue weighted by Crippen LogP contribution is 1.97. The van der Waals surface area contributed by atoms with Crippen molar-refractivity contribution in [3.05, 3.63) is 37.0 Å². The topological polar surface area (TPSA) is 0 Å². The zero-order chi connectivity index (χ0) is 7.66. The van der Waals surface area contributed by atoms with E-state index >= 15 is 0 Å². The molecule has 0 aliphatic carbocycles. The lowest BCUT2D eigenvalue weighted by atomic mass is 10.2. The Morgan fingerprint density at radius 2 is 1.90 bits per heavy atom. The maximum atomic E-state index is 3.59. The van der Waals surface area contributed by atoms with Gasteiger partial charge in [0.2, 0.25) is 0 Å². The number of unbranched alkanes of at least 4 members (excludes halogenated alkanes) is 2. The van der Waals surface area contributed by atoms with Crippen LogP contribution in [0.4, 0.5) is 0 Å². The number of rotatable bonds is 5. The molecule has 56 valence electrons. The van der Waals surface area contributed by atoms with Crippen molar-refractivity contribution in [1.82, 2.24) is 0 Å². The van der Waals surface area contributed by atoms with Crippen molar-refractivity contribution in [2.24, 2.45) is 0 Å². The van der Waals surface area contributed by atoms with Crippen LogP contribution >= 0.6 is 0 Å². The monoisotopic (exact) mass is 136 g/mol. The molecule has 0 atom stereocenters. The van der Waals surface area contributed by atoms with Gasteiger partial charge in [0, 0.05) is 0 Å². The fourth-order valence-electron chi connectivity index (χ4n) is 0.713. The van der Waals surface area contributed by atoms with Gasteiger partial charge in [-0.1, -0.05) is 37.0 Å². The van der Waals surface area contributed by atoms with Crippen LogP contribution in [0.3, 0.4) is 0 Å². The van der Waals surface area contributed by atoms with E-state index in [4.69, 9.17) is 0 Å². The first kappa shape index (κ1) is 9.22. The molecule has 0 heteroatoms. The average Bonchev–Trinajstić information content (AvgIpc) is 1.97. The van der Waals surface area contributed by atoms with E-state index in [-0.39, 0.29) is 0 Å². The molecule has 0 unspecified atom stereocenters. The smallest absolute Gasteiger partial charge is 0.0345 e. The van der Waals surface area contributed by atoms with Crippen LogP contribution in [-0.2, 0) is 0 Å². The van der Waals surface area contributed by atoms with Gasteiger partial charge in [0.1, 0.15) is 0 Å². The van der Waals surface area contributed by atoms with Crippen molar-refractivity contribution < 1.29 is 0 Å². The molecular weight excluding hydrogens is 120 g/mol. The molecule has 0 aromatic heterocycles. The summed E-state index contributed by atoms with van der Waals surface area (Å²) in [5, 5.41) is 0. The highest BCUT2D eigenvalue weighted by atomic mass is 13.8. The quantitative estimate of drug-likeness (QED) is 0.308. The lowest BCUT2D eigenvalue weighted by Gasteiger charge is -1.87. The highest BCUT2D eigenvalue weighted by Gasteiger charge is 1.77. The standard InChI is InChI=1S/C10H16/c1-3-5-7-9-10-8-6-4-2/h3-7H,1,8-10H2,2H3. The molecule has 0 rings (SSSR count). The molecule has 0 nitrogen and oxygen atoms in total. The minimum absolute atomic E-state index is 1.16. The van der Waals surface area contributed by atoms with Gasteiger partial charge in [0.05, 0.1) is 0 Å². The Morgan fingerprint density at radius 1 is 1.20 bits per heavy atom. The molecule has 0 heterocycles. The Labute approximate surface area is 64.0 Å². The second kappa shape index (κ2) is 8.22. The van der Waals surface area contributed by atoms with E-state index in [1.807, 2.05) is 12.2 Å². The van der Waals surface area contributed by atoms with Gasteiger partial charge in [-0.2, -0.15) is 0 Å². The van der Waals surface area contributed by atoms with Crippen molar-refractivity contribution in [1.29, 1.82) is 0 Å². The van der Waals surface area contributed by atoms with Crippen LogP contribution in [0.5, 0.6) is 0 Å². The summed E-state index contributed by atoms with van der Waals surface area (Å²) in [6.45, 7) is 5.65. The fraction of sp³-hybridized carbons (Fsp3) is 0.400. The zero-order valence-electron chi connectivity index (χ0n) is 6.72. The predicted octanol–water partition coefficient (Wildman–Crippen LogP) is 3.48. The molecule has 0 aliphatic heterocycles. The molecule has 0 N–H and O–H groups in total. The van der Waals surface area contributed by atoms with Crippen LogP contribution in [0.1, 0.15) is 26.2 Å². The highest BCUT2D eigenvalue weighted by molar-refractivity contribution is 4.97. The van der Waals surface area contributed by atoms with Gasteiger partial charge in [0.25, 0.3) is 0 Å². The predicted molar refractivity (Wildman–Crippen MR) is 48.0 cm³/mol. The molecule has 10 heavy (non-hydrogen) atoms. The van der Waals surface area contributed by atoms with Gasteiger partial charge in [-0.05, 0) is 26.2 Å². The van der Waals surface area contributed by atoms with E-state index in [0.717, 1.165) is 6.42 Å². The van der Waals surface area contributed by atoms with E-state index in [1.165, 1.54) is 12.8 Å². The molecule has 0 spiro atoms. The van der Waals surface area contributed by atoms with Crippen molar-refractivity contribution in [3.8, 4) is 0 Å². The molecule has 0 bridgehead atoms. The van der Waals surface area contributed by atoms with Gasteiger partial charge in [-0.15, -0.1) is 0 Å². The minimum Gasteiger partial charge on any atom is -0.0991 e. The van der Waals surface area contributed by atoms with Crippen LogP contribution in [0.2, 0.25) is 0 Å². The maximum Gasteiger partial charge on any atom is -0.0345 e. The SMILES string of the molecule is C=CC=CCCCC=CC. The molecule has 0 fully saturated rings. The molecule has 0 aliphatic rings. The molecular formula is C10H16. The third-order valence-corrected chi connectivity index (χ3v) is 1.25. The van der Waals surface area contributed by atoms with Crippen molar-refractivity contribution in [2.75, 3.05) is 0 Å². The van der Waals surface area contributed by atoms with Crippen LogP contribution in [0, 0.1) is 0 Å². The lowest BCUT2D eigenvalue weighted by molar-refractivity contribution is 0.867. The molecule has 0 aromatic carbocycles. The van der Waals surface area contributed by atoms with Gasteiger partial charge in [-0.25, -0.2) is 0 Å². The normalized spacial score (nSPS) is 11.3. The van der Waals surface area contributed by atoms with Crippen LogP contribution in [-0.4, -0.2) is 0 Å². The number of hydrogen-bond acceptors (Lipinski definition) is 0. The Bertz CT molecular complexity index is 118. The molecule has 0 saturated heterocycles. The first-order valence-electron chi connectivity index (χ1n) is 3.80. The summed E-state index contributed by atoms with van der Waals surface area (Å²) in [6.07, 6.45) is 13.9. The van der Waals surface area contributed by atoms with E-state index in [0.29, 0.717) is 0 Å². The lowest BCUT2D eigenvalue weighted by Crippen LogP contribution is -1.67. The van der Waals surface area contributed by atoms with Crippen molar-refractivity contribution in [3.63, 3.8) is 0 Å². The first-order valence-corrected chi connectivity index (χ1v) is 3.80. The van der Waals surface area contributed by atoms with E-state index in [1.54, 1.807) is 0 Å². The van der Waals surface area contributed by atoms with Crippen LogP contribution in [0.25, 0.3) is 0 Å². The first-order chi connectivity index (χ1) is 4.91. The van der Waals surface area contributed by atoms with Gasteiger partial charge in [-0.3, -0.25) is 0 Å². The largest absolute Gasteiger partial charge is 0.0991 e. The summed E-state index contributed by atoms with van der Waals surface area (Å²) >= 11 is 0. The fourth-order valence-corrected chi connectivity index (χ4v) is 0.713. The molecule has 0 radical (unpaired) electrons. The van der Waals surface area contributed by atoms with Gasteiger partial charge in [0.15, 0.2) is 0 Å². The van der Waals surface area contributed by atoms with Crippen LogP contribution in [0.15, 0.2) is 37.0 Å². The summed E-state index contributed by atoms with van der Waals surface area (Å²) < 4.78 is 0. The second-order valence-corrected chi connectivity index (χ2v) is 2.16. The van der Waals surface area contributed by atoms with Crippen molar-refractivity contribution in [2.45, 2.75) is 26.2 Å². The minimum atomic E-state index is 1.16. The molecule has 0 saturated carbocycles. The third-order valence-electron chi connectivity index (χ3n) is 1.25. The second-order valence-electron chi connectivity index (χ2n) is 2.16. The Hall–Kier alpha value is -0.780. The van der Waals surface area contributed by atoms with Crippen molar-refractivity contribution >= 4 is 0 Å². The third kappa shape index (κ3) is 7.22. The Morgan fingerprint density at radius 3 is 2.50 bits per heavy atom. The van der Waals surface area contributed by atoms with Gasteiger partial charge >= 0.3 is 0 Å². The molecule has 0 aromatic rings. The van der Waals surface area contributed by atoms with E-state index in [9.17, 15) is 0 Å². The van der Waals surface area contributed by atoms with Gasteiger partial charge < -0.3 is 0 Å². The summed E-state index contributed by atoms with van der Waals surface area (Å²) in [6, 6.07) is 0.